The molecule has 2 nitrogen and oxygen atoms in total. The van der Waals surface area contributed by atoms with Crippen molar-refractivity contribution in [3.63, 3.8) is 0 Å². The lowest BCUT2D eigenvalue weighted by molar-refractivity contribution is 0.412. The van der Waals surface area contributed by atoms with Gasteiger partial charge in [0.2, 0.25) is 0 Å². The molecule has 0 fully saturated rings. The van der Waals surface area contributed by atoms with E-state index in [-0.39, 0.29) is 0 Å². The van der Waals surface area contributed by atoms with E-state index in [1.807, 2.05) is 13.0 Å². The molecule has 0 saturated heterocycles. The highest BCUT2D eigenvalue weighted by atomic mass is 16.5. The van der Waals surface area contributed by atoms with Crippen LogP contribution in [0.25, 0.3) is 4.85 Å². The van der Waals surface area contributed by atoms with Gasteiger partial charge in [-0.15, -0.1) is 0 Å². The van der Waals surface area contributed by atoms with E-state index in [0.717, 1.165) is 11.3 Å². The number of methoxy groups -OCH3 is 1. The summed E-state index contributed by atoms with van der Waals surface area (Å²) in [5.74, 6) is 0.776. The Balaban J connectivity index is 3.15. The van der Waals surface area contributed by atoms with Gasteiger partial charge in [0.05, 0.1) is 13.7 Å². The van der Waals surface area contributed by atoms with Crippen molar-refractivity contribution in [2.75, 3.05) is 7.11 Å². The summed E-state index contributed by atoms with van der Waals surface area (Å²) in [5, 5.41) is 0. The highest BCUT2D eigenvalue weighted by Crippen LogP contribution is 2.23. The molecular formula is C9H9NO. The van der Waals surface area contributed by atoms with Crippen LogP contribution in [0.4, 0.5) is 5.69 Å². The van der Waals surface area contributed by atoms with Gasteiger partial charge < -0.3 is 4.74 Å². The molecule has 0 saturated carbocycles. The van der Waals surface area contributed by atoms with Gasteiger partial charge in [-0.25, -0.2) is 4.85 Å². The number of hydrogen-bond donors (Lipinski definition) is 0. The van der Waals surface area contributed by atoms with Crippen molar-refractivity contribution in [3.05, 3.63) is 35.2 Å². The third kappa shape index (κ3) is 1.50. The highest BCUT2D eigenvalue weighted by Gasteiger charge is 1.97. The Hall–Kier alpha value is -1.49. The molecule has 0 bridgehead atoms. The molecular weight excluding hydrogens is 138 g/mol. The Kier molecular flexibility index (Phi) is 2.12. The van der Waals surface area contributed by atoms with E-state index >= 15 is 0 Å². The standard InChI is InChI=1S/C9H9NO/c1-7-4-5-8(10-2)6-9(7)11-3/h4-6H,1,3H3. The molecule has 0 aliphatic rings. The smallest absolute Gasteiger partial charge is 0.190 e. The van der Waals surface area contributed by atoms with E-state index in [1.54, 1.807) is 19.2 Å². The van der Waals surface area contributed by atoms with Crippen molar-refractivity contribution in [1.82, 2.24) is 0 Å². The second-order valence-corrected chi connectivity index (χ2v) is 2.27. The van der Waals surface area contributed by atoms with Gasteiger partial charge in [0.15, 0.2) is 5.69 Å². The van der Waals surface area contributed by atoms with E-state index in [0.29, 0.717) is 5.69 Å². The molecule has 0 amide bonds. The fourth-order valence-electron chi connectivity index (χ4n) is 0.878. The van der Waals surface area contributed by atoms with Crippen LogP contribution in [0, 0.1) is 13.5 Å². The lowest BCUT2D eigenvalue weighted by Crippen LogP contribution is -1.84. The molecule has 0 radical (unpaired) electrons. The van der Waals surface area contributed by atoms with Gasteiger partial charge in [0.25, 0.3) is 0 Å². The Labute approximate surface area is 66.2 Å². The molecule has 1 aromatic carbocycles. The Bertz CT molecular complexity index is 299. The van der Waals surface area contributed by atoms with Crippen molar-refractivity contribution in [2.45, 2.75) is 6.92 Å². The first-order valence-corrected chi connectivity index (χ1v) is 3.30. The monoisotopic (exact) mass is 147 g/mol. The van der Waals surface area contributed by atoms with Gasteiger partial charge in [-0.1, -0.05) is 12.1 Å². The fraction of sp³-hybridized carbons (Fsp3) is 0.222. The van der Waals surface area contributed by atoms with Crippen molar-refractivity contribution < 1.29 is 4.74 Å². The number of hydrogen-bond acceptors (Lipinski definition) is 1. The molecule has 0 aliphatic heterocycles. The average Bonchev–Trinajstić information content (AvgIpc) is 2.05. The summed E-state index contributed by atoms with van der Waals surface area (Å²) < 4.78 is 5.04. The van der Waals surface area contributed by atoms with Crippen LogP contribution in [0.15, 0.2) is 18.2 Å². The van der Waals surface area contributed by atoms with Crippen LogP contribution in [0.2, 0.25) is 0 Å². The predicted octanol–water partition coefficient (Wildman–Crippen LogP) is 2.55. The summed E-state index contributed by atoms with van der Waals surface area (Å²) in [6.45, 7) is 8.71. The van der Waals surface area contributed by atoms with Crippen molar-refractivity contribution in [2.24, 2.45) is 0 Å². The summed E-state index contributed by atoms with van der Waals surface area (Å²) in [5.41, 5.74) is 1.67. The Morgan fingerprint density at radius 1 is 1.45 bits per heavy atom. The molecule has 2 heteroatoms. The third-order valence-electron chi connectivity index (χ3n) is 1.52. The highest BCUT2D eigenvalue weighted by molar-refractivity contribution is 5.52. The molecule has 0 spiro atoms. The quantitative estimate of drug-likeness (QED) is 0.556. The fourth-order valence-corrected chi connectivity index (χ4v) is 0.878. The number of rotatable bonds is 1. The maximum Gasteiger partial charge on any atom is 0.190 e. The maximum atomic E-state index is 6.76. The predicted molar refractivity (Wildman–Crippen MR) is 44.0 cm³/mol. The van der Waals surface area contributed by atoms with Gasteiger partial charge in [0, 0.05) is 0 Å². The van der Waals surface area contributed by atoms with Gasteiger partial charge in [0.1, 0.15) is 5.75 Å². The van der Waals surface area contributed by atoms with Crippen LogP contribution in [0.1, 0.15) is 5.56 Å². The molecule has 0 unspecified atom stereocenters. The summed E-state index contributed by atoms with van der Waals surface area (Å²) in [4.78, 5) is 3.29. The first-order valence-electron chi connectivity index (χ1n) is 3.30. The first-order chi connectivity index (χ1) is 5.27. The molecule has 0 aliphatic carbocycles. The van der Waals surface area contributed by atoms with Gasteiger partial charge in [-0.2, -0.15) is 0 Å². The largest absolute Gasteiger partial charge is 0.498 e. The molecule has 1 rings (SSSR count). The normalized spacial score (nSPS) is 8.82. The lowest BCUT2D eigenvalue weighted by Gasteiger charge is -2.02. The summed E-state index contributed by atoms with van der Waals surface area (Å²) in [6.07, 6.45) is 0. The van der Waals surface area contributed by atoms with E-state index in [4.69, 9.17) is 11.3 Å². The molecule has 0 atom stereocenters. The third-order valence-corrected chi connectivity index (χ3v) is 1.52. The summed E-state index contributed by atoms with van der Waals surface area (Å²) in [7, 11) is 1.61. The van der Waals surface area contributed by atoms with E-state index in [9.17, 15) is 0 Å². The SMILES string of the molecule is [C-]#[N+]c1ccc(C)c(OC)c1. The topological polar surface area (TPSA) is 13.6 Å². The second-order valence-electron chi connectivity index (χ2n) is 2.27. The number of nitrogens with zero attached hydrogens (tertiary/aromatic N) is 1. The van der Waals surface area contributed by atoms with Gasteiger partial charge in [-0.3, -0.25) is 0 Å². The van der Waals surface area contributed by atoms with Crippen LogP contribution in [-0.2, 0) is 0 Å². The van der Waals surface area contributed by atoms with Crippen molar-refractivity contribution in [1.29, 1.82) is 0 Å². The minimum absolute atomic E-state index is 0.618. The molecule has 11 heavy (non-hydrogen) atoms. The molecule has 0 aromatic heterocycles. The number of benzene rings is 1. The number of ether oxygens (including phenoxy) is 1. The van der Waals surface area contributed by atoms with Crippen LogP contribution in [0.5, 0.6) is 5.75 Å². The summed E-state index contributed by atoms with van der Waals surface area (Å²) in [6, 6.07) is 5.40. The van der Waals surface area contributed by atoms with Crippen LogP contribution >= 0.6 is 0 Å². The molecule has 0 N–H and O–H groups in total. The van der Waals surface area contributed by atoms with E-state index in [2.05, 4.69) is 4.85 Å². The molecule has 0 heterocycles. The van der Waals surface area contributed by atoms with Crippen LogP contribution in [-0.4, -0.2) is 7.11 Å². The minimum atomic E-state index is 0.618. The molecule has 1 aromatic rings. The summed E-state index contributed by atoms with van der Waals surface area (Å²) >= 11 is 0. The Morgan fingerprint density at radius 3 is 2.73 bits per heavy atom. The average molecular weight is 147 g/mol. The lowest BCUT2D eigenvalue weighted by atomic mass is 10.2. The molecule has 56 valence electrons. The zero-order valence-electron chi connectivity index (χ0n) is 6.59. The van der Waals surface area contributed by atoms with E-state index in [1.165, 1.54) is 0 Å². The van der Waals surface area contributed by atoms with Gasteiger partial charge in [-0.05, 0) is 18.6 Å². The van der Waals surface area contributed by atoms with Crippen LogP contribution in [0.3, 0.4) is 0 Å². The van der Waals surface area contributed by atoms with E-state index < -0.39 is 0 Å². The maximum absolute atomic E-state index is 6.76. The number of aryl methyl sites for hydroxylation is 1. The Morgan fingerprint density at radius 2 is 2.18 bits per heavy atom. The van der Waals surface area contributed by atoms with Crippen molar-refractivity contribution in [3.8, 4) is 5.75 Å². The zero-order chi connectivity index (χ0) is 8.27. The first kappa shape index (κ1) is 7.62. The van der Waals surface area contributed by atoms with Crippen molar-refractivity contribution >= 4 is 5.69 Å². The zero-order valence-corrected chi connectivity index (χ0v) is 6.59. The van der Waals surface area contributed by atoms with Gasteiger partial charge >= 0.3 is 0 Å². The minimum Gasteiger partial charge on any atom is -0.498 e. The second kappa shape index (κ2) is 3.07. The van der Waals surface area contributed by atoms with Crippen LogP contribution < -0.4 is 4.74 Å².